The minimum absolute atomic E-state index is 0.0425. The molecule has 5 rings (SSSR count). The Hall–Kier alpha value is -3.73. The SMILES string of the molecule is CN1CCN(Cc2ccc(NC(=O)c3ccc(Cl)c(-c4nc(-c5cccnc5)co4)c3)cc2C(F)(F)F)CC1. The van der Waals surface area contributed by atoms with E-state index < -0.39 is 17.6 Å². The molecule has 0 unspecified atom stereocenters. The van der Waals surface area contributed by atoms with E-state index in [0.717, 1.165) is 24.7 Å². The number of hydrogen-bond donors (Lipinski definition) is 1. The smallest absolute Gasteiger partial charge is 0.416 e. The van der Waals surface area contributed by atoms with Crippen molar-refractivity contribution in [1.82, 2.24) is 19.8 Å². The van der Waals surface area contributed by atoms with E-state index in [0.29, 0.717) is 29.4 Å². The molecule has 1 fully saturated rings. The standard InChI is InChI=1S/C28H25ClF3N5O2/c1-36-9-11-37(12-10-36)16-20-4-6-21(14-23(20)28(30,31)32)34-26(38)18-5-7-24(29)22(13-18)27-35-25(17-39-27)19-3-2-8-33-15-19/h2-8,13-15,17H,9-12,16H2,1H3,(H,34,38). The lowest BCUT2D eigenvalue weighted by Crippen LogP contribution is -2.44. The maximum absolute atomic E-state index is 13.9. The van der Waals surface area contributed by atoms with Crippen LogP contribution in [0.15, 0.2) is 71.6 Å². The zero-order valence-electron chi connectivity index (χ0n) is 21.0. The lowest BCUT2D eigenvalue weighted by atomic mass is 10.0. The van der Waals surface area contributed by atoms with Crippen molar-refractivity contribution >= 4 is 23.2 Å². The van der Waals surface area contributed by atoms with E-state index in [-0.39, 0.29) is 29.2 Å². The molecule has 39 heavy (non-hydrogen) atoms. The number of nitrogens with zero attached hydrogens (tertiary/aromatic N) is 4. The largest absolute Gasteiger partial charge is 0.444 e. The number of amides is 1. The molecule has 7 nitrogen and oxygen atoms in total. The monoisotopic (exact) mass is 555 g/mol. The van der Waals surface area contributed by atoms with Crippen LogP contribution in [-0.2, 0) is 12.7 Å². The summed E-state index contributed by atoms with van der Waals surface area (Å²) in [7, 11) is 1.99. The van der Waals surface area contributed by atoms with Gasteiger partial charge in [0, 0.05) is 61.9 Å². The number of carbonyl (C=O) groups excluding carboxylic acids is 1. The molecular formula is C28H25ClF3N5O2. The van der Waals surface area contributed by atoms with Gasteiger partial charge < -0.3 is 14.6 Å². The number of benzene rings is 2. The van der Waals surface area contributed by atoms with Crippen molar-refractivity contribution in [2.45, 2.75) is 12.7 Å². The molecule has 4 aromatic rings. The second-order valence-electron chi connectivity index (χ2n) is 9.38. The Morgan fingerprint density at radius 3 is 2.62 bits per heavy atom. The molecule has 1 saturated heterocycles. The van der Waals surface area contributed by atoms with Crippen molar-refractivity contribution < 1.29 is 22.4 Å². The molecule has 2 aromatic heterocycles. The van der Waals surface area contributed by atoms with Crippen LogP contribution in [0.2, 0.25) is 5.02 Å². The van der Waals surface area contributed by atoms with Crippen LogP contribution in [0.25, 0.3) is 22.7 Å². The number of aromatic nitrogens is 2. The fourth-order valence-electron chi connectivity index (χ4n) is 4.38. The van der Waals surface area contributed by atoms with Gasteiger partial charge >= 0.3 is 6.18 Å². The lowest BCUT2D eigenvalue weighted by molar-refractivity contribution is -0.138. The van der Waals surface area contributed by atoms with Crippen LogP contribution in [0.3, 0.4) is 0 Å². The molecule has 0 saturated carbocycles. The van der Waals surface area contributed by atoms with Gasteiger partial charge in [-0.15, -0.1) is 0 Å². The number of piperazine rings is 1. The minimum Gasteiger partial charge on any atom is -0.444 e. The molecule has 1 N–H and O–H groups in total. The van der Waals surface area contributed by atoms with Crippen LogP contribution in [0, 0.1) is 0 Å². The van der Waals surface area contributed by atoms with Gasteiger partial charge in [-0.2, -0.15) is 13.2 Å². The van der Waals surface area contributed by atoms with Gasteiger partial charge in [-0.3, -0.25) is 14.7 Å². The molecule has 0 atom stereocenters. The van der Waals surface area contributed by atoms with Gasteiger partial charge in [0.05, 0.1) is 16.1 Å². The van der Waals surface area contributed by atoms with Crippen LogP contribution < -0.4 is 5.32 Å². The average molecular weight is 556 g/mol. The maximum Gasteiger partial charge on any atom is 0.416 e. The van der Waals surface area contributed by atoms with Crippen molar-refractivity contribution in [2.24, 2.45) is 0 Å². The van der Waals surface area contributed by atoms with Crippen molar-refractivity contribution in [3.8, 4) is 22.7 Å². The van der Waals surface area contributed by atoms with Crippen LogP contribution in [0.4, 0.5) is 18.9 Å². The molecule has 1 amide bonds. The third kappa shape index (κ3) is 6.30. The van der Waals surface area contributed by atoms with Crippen molar-refractivity contribution in [1.29, 1.82) is 0 Å². The Morgan fingerprint density at radius 2 is 1.90 bits per heavy atom. The van der Waals surface area contributed by atoms with E-state index in [1.807, 2.05) is 18.0 Å². The summed E-state index contributed by atoms with van der Waals surface area (Å²) in [4.78, 5) is 25.7. The van der Waals surface area contributed by atoms with E-state index in [1.165, 1.54) is 36.6 Å². The van der Waals surface area contributed by atoms with Gasteiger partial charge in [0.25, 0.3) is 5.91 Å². The summed E-state index contributed by atoms with van der Waals surface area (Å²) in [5.74, 6) is -0.395. The highest BCUT2D eigenvalue weighted by atomic mass is 35.5. The number of anilines is 1. The van der Waals surface area contributed by atoms with E-state index >= 15 is 0 Å². The maximum atomic E-state index is 13.9. The summed E-state index contributed by atoms with van der Waals surface area (Å²) in [6, 6.07) is 12.0. The number of likely N-dealkylation sites (N-methyl/N-ethyl adjacent to an activating group) is 1. The summed E-state index contributed by atoms with van der Waals surface area (Å²) in [5.41, 5.74) is 1.30. The highest BCUT2D eigenvalue weighted by Crippen LogP contribution is 2.35. The second-order valence-corrected chi connectivity index (χ2v) is 9.78. The van der Waals surface area contributed by atoms with Crippen LogP contribution in [0.5, 0.6) is 0 Å². The van der Waals surface area contributed by atoms with E-state index in [9.17, 15) is 18.0 Å². The summed E-state index contributed by atoms with van der Waals surface area (Å²) in [5, 5.41) is 2.88. The first kappa shape index (κ1) is 26.9. The van der Waals surface area contributed by atoms with Crippen LogP contribution in [-0.4, -0.2) is 58.9 Å². The molecule has 0 spiro atoms. The summed E-state index contributed by atoms with van der Waals surface area (Å²) >= 11 is 6.35. The Kier molecular flexibility index (Phi) is 7.69. The van der Waals surface area contributed by atoms with E-state index in [4.69, 9.17) is 16.0 Å². The molecule has 3 heterocycles. The van der Waals surface area contributed by atoms with Gasteiger partial charge in [0.1, 0.15) is 12.0 Å². The normalized spacial score (nSPS) is 14.9. The predicted octanol–water partition coefficient (Wildman–Crippen LogP) is 6.08. The highest BCUT2D eigenvalue weighted by molar-refractivity contribution is 6.33. The quantitative estimate of drug-likeness (QED) is 0.311. The first-order valence-electron chi connectivity index (χ1n) is 12.3. The van der Waals surface area contributed by atoms with Gasteiger partial charge in [0.15, 0.2) is 0 Å². The first-order valence-corrected chi connectivity index (χ1v) is 12.6. The van der Waals surface area contributed by atoms with Gasteiger partial charge in [0.2, 0.25) is 5.89 Å². The average Bonchev–Trinajstić information content (AvgIpc) is 3.41. The van der Waals surface area contributed by atoms with Crippen molar-refractivity contribution in [3.63, 3.8) is 0 Å². The topological polar surface area (TPSA) is 74.5 Å². The third-order valence-electron chi connectivity index (χ3n) is 6.58. The lowest BCUT2D eigenvalue weighted by Gasteiger charge is -2.33. The van der Waals surface area contributed by atoms with Crippen LogP contribution >= 0.6 is 11.6 Å². The van der Waals surface area contributed by atoms with Gasteiger partial charge in [-0.05, 0) is 55.1 Å². The molecule has 2 aromatic carbocycles. The highest BCUT2D eigenvalue weighted by Gasteiger charge is 2.34. The van der Waals surface area contributed by atoms with E-state index in [2.05, 4.69) is 20.2 Å². The third-order valence-corrected chi connectivity index (χ3v) is 6.91. The van der Waals surface area contributed by atoms with Crippen molar-refractivity contribution in [3.05, 3.63) is 88.9 Å². The van der Waals surface area contributed by atoms with Gasteiger partial charge in [-0.1, -0.05) is 17.7 Å². The number of oxazole rings is 1. The summed E-state index contributed by atoms with van der Waals surface area (Å²) < 4.78 is 47.4. The number of carbonyl (C=O) groups is 1. The molecule has 1 aliphatic rings. The number of pyridine rings is 1. The number of rotatable bonds is 6. The fraction of sp³-hybridized carbons (Fsp3) is 0.250. The molecular weight excluding hydrogens is 531 g/mol. The summed E-state index contributed by atoms with van der Waals surface area (Å²) in [6.45, 7) is 3.18. The predicted molar refractivity (Wildman–Crippen MR) is 142 cm³/mol. The second kappa shape index (κ2) is 11.2. The Bertz CT molecular complexity index is 1470. The van der Waals surface area contributed by atoms with Gasteiger partial charge in [-0.25, -0.2) is 4.98 Å². The molecule has 0 radical (unpaired) electrons. The zero-order chi connectivity index (χ0) is 27.6. The van der Waals surface area contributed by atoms with Crippen molar-refractivity contribution in [2.75, 3.05) is 38.5 Å². The molecule has 11 heteroatoms. The molecule has 0 aliphatic carbocycles. The minimum atomic E-state index is -4.56. The zero-order valence-corrected chi connectivity index (χ0v) is 21.8. The number of nitrogens with one attached hydrogen (secondary N) is 1. The fourth-order valence-corrected chi connectivity index (χ4v) is 4.58. The number of hydrogen-bond acceptors (Lipinski definition) is 6. The van der Waals surface area contributed by atoms with Crippen LogP contribution in [0.1, 0.15) is 21.5 Å². The Morgan fingerprint density at radius 1 is 1.10 bits per heavy atom. The Labute approximate surface area is 228 Å². The number of alkyl halides is 3. The number of halogens is 4. The van der Waals surface area contributed by atoms with E-state index in [1.54, 1.807) is 18.5 Å². The Balaban J connectivity index is 1.35. The molecule has 0 bridgehead atoms. The molecule has 202 valence electrons. The first-order chi connectivity index (χ1) is 18.7. The molecule has 1 aliphatic heterocycles. The summed E-state index contributed by atoms with van der Waals surface area (Å²) in [6.07, 6.45) is 0.172.